The van der Waals surface area contributed by atoms with Crippen molar-refractivity contribution in [1.29, 1.82) is 0 Å². The highest BCUT2D eigenvalue weighted by atomic mass is 16.1. The SMILES string of the molecule is C=CC(=O)C#CC#CC(=O)/C=C\CCCCCCC. The van der Waals surface area contributed by atoms with E-state index in [1.54, 1.807) is 0 Å². The van der Waals surface area contributed by atoms with Gasteiger partial charge < -0.3 is 0 Å². The van der Waals surface area contributed by atoms with Gasteiger partial charge in [-0.2, -0.15) is 0 Å². The predicted molar refractivity (Wildman–Crippen MR) is 78.3 cm³/mol. The fourth-order valence-electron chi connectivity index (χ4n) is 1.33. The third-order valence-electron chi connectivity index (χ3n) is 2.36. The highest BCUT2D eigenvalue weighted by Gasteiger charge is 1.89. The van der Waals surface area contributed by atoms with Crippen molar-refractivity contribution in [3.8, 4) is 23.7 Å². The fourth-order valence-corrected chi connectivity index (χ4v) is 1.33. The number of hydrogen-bond acceptors (Lipinski definition) is 2. The number of unbranched alkanes of at least 4 members (excludes halogenated alkanes) is 5. The molecule has 0 unspecified atom stereocenters. The Bertz CT molecular complexity index is 447. The molecule has 0 spiro atoms. The molecular weight excluding hydrogens is 236 g/mol. The molecule has 0 radical (unpaired) electrons. The highest BCUT2D eigenvalue weighted by molar-refractivity contribution is 6.06. The minimum absolute atomic E-state index is 0.283. The van der Waals surface area contributed by atoms with E-state index in [1.807, 2.05) is 6.08 Å². The van der Waals surface area contributed by atoms with Crippen LogP contribution in [0.15, 0.2) is 24.8 Å². The minimum atomic E-state index is -0.399. The van der Waals surface area contributed by atoms with Gasteiger partial charge in [-0.05, 0) is 48.7 Å². The Morgan fingerprint density at radius 3 is 2.26 bits per heavy atom. The summed E-state index contributed by atoms with van der Waals surface area (Å²) in [6.45, 7) is 5.46. The molecule has 0 amide bonds. The molecule has 0 aromatic rings. The summed E-state index contributed by atoms with van der Waals surface area (Å²) < 4.78 is 0. The Balaban J connectivity index is 3.84. The van der Waals surface area contributed by atoms with E-state index in [-0.39, 0.29) is 5.78 Å². The summed E-state index contributed by atoms with van der Waals surface area (Å²) in [5, 5.41) is 0. The topological polar surface area (TPSA) is 34.1 Å². The number of carbonyl (C=O) groups excluding carboxylic acids is 2. The van der Waals surface area contributed by atoms with Gasteiger partial charge in [-0.1, -0.05) is 45.3 Å². The molecule has 0 aliphatic heterocycles. The lowest BCUT2D eigenvalue weighted by Crippen LogP contribution is -1.86. The molecule has 2 heteroatoms. The zero-order chi connectivity index (χ0) is 14.3. The van der Waals surface area contributed by atoms with Gasteiger partial charge in [-0.3, -0.25) is 9.59 Å². The summed E-state index contributed by atoms with van der Waals surface area (Å²) in [6.07, 6.45) is 11.4. The summed E-state index contributed by atoms with van der Waals surface area (Å²) in [6, 6.07) is 0. The maximum Gasteiger partial charge on any atom is 0.229 e. The van der Waals surface area contributed by atoms with Crippen LogP contribution in [0.5, 0.6) is 0 Å². The van der Waals surface area contributed by atoms with Gasteiger partial charge in [-0.25, -0.2) is 0 Å². The van der Waals surface area contributed by atoms with Gasteiger partial charge in [0.1, 0.15) is 0 Å². The summed E-state index contributed by atoms with van der Waals surface area (Å²) in [5.74, 6) is 8.53. The molecule has 0 heterocycles. The van der Waals surface area contributed by atoms with Gasteiger partial charge in [0.15, 0.2) is 0 Å². The summed E-state index contributed by atoms with van der Waals surface area (Å²) in [4.78, 5) is 22.0. The lowest BCUT2D eigenvalue weighted by atomic mass is 10.1. The van der Waals surface area contributed by atoms with Crippen molar-refractivity contribution in [2.75, 3.05) is 0 Å². The summed E-state index contributed by atoms with van der Waals surface area (Å²) in [5.41, 5.74) is 0. The highest BCUT2D eigenvalue weighted by Crippen LogP contribution is 2.05. The first-order valence-electron chi connectivity index (χ1n) is 6.59. The van der Waals surface area contributed by atoms with Crippen LogP contribution in [0.3, 0.4) is 0 Å². The lowest BCUT2D eigenvalue weighted by molar-refractivity contribution is -0.110. The first-order valence-corrected chi connectivity index (χ1v) is 6.59. The molecule has 0 atom stereocenters. The van der Waals surface area contributed by atoms with E-state index in [9.17, 15) is 9.59 Å². The Labute approximate surface area is 116 Å². The van der Waals surface area contributed by atoms with Crippen molar-refractivity contribution < 1.29 is 9.59 Å². The second-order valence-corrected chi connectivity index (χ2v) is 4.04. The quantitative estimate of drug-likeness (QED) is 0.289. The minimum Gasteiger partial charge on any atom is -0.280 e. The second-order valence-electron chi connectivity index (χ2n) is 4.04. The first-order chi connectivity index (χ1) is 9.20. The van der Waals surface area contributed by atoms with E-state index in [4.69, 9.17) is 0 Å². The van der Waals surface area contributed by atoms with Crippen molar-refractivity contribution >= 4 is 11.6 Å². The van der Waals surface area contributed by atoms with Crippen LogP contribution in [-0.2, 0) is 9.59 Å². The Morgan fingerprint density at radius 1 is 1.00 bits per heavy atom. The summed E-state index contributed by atoms with van der Waals surface area (Å²) >= 11 is 0. The zero-order valence-corrected chi connectivity index (χ0v) is 11.5. The first kappa shape index (κ1) is 16.9. The van der Waals surface area contributed by atoms with Crippen molar-refractivity contribution in [2.45, 2.75) is 45.4 Å². The van der Waals surface area contributed by atoms with Gasteiger partial charge in [0.2, 0.25) is 11.6 Å². The van der Waals surface area contributed by atoms with E-state index in [1.165, 1.54) is 31.8 Å². The van der Waals surface area contributed by atoms with E-state index in [0.29, 0.717) is 0 Å². The zero-order valence-electron chi connectivity index (χ0n) is 11.5. The Kier molecular flexibility index (Phi) is 11.1. The van der Waals surface area contributed by atoms with Crippen LogP contribution in [-0.4, -0.2) is 11.6 Å². The van der Waals surface area contributed by atoms with Crippen molar-refractivity contribution in [3.63, 3.8) is 0 Å². The average molecular weight is 256 g/mol. The molecule has 0 N–H and O–H groups in total. The van der Waals surface area contributed by atoms with E-state index >= 15 is 0 Å². The molecule has 0 aromatic carbocycles. The van der Waals surface area contributed by atoms with Crippen LogP contribution < -0.4 is 0 Å². The molecule has 0 fully saturated rings. The van der Waals surface area contributed by atoms with Crippen molar-refractivity contribution in [2.24, 2.45) is 0 Å². The lowest BCUT2D eigenvalue weighted by Gasteiger charge is -1.95. The van der Waals surface area contributed by atoms with Crippen molar-refractivity contribution in [1.82, 2.24) is 0 Å². The van der Waals surface area contributed by atoms with Crippen LogP contribution >= 0.6 is 0 Å². The fraction of sp³-hybridized carbons (Fsp3) is 0.412. The largest absolute Gasteiger partial charge is 0.280 e. The molecule has 2 nitrogen and oxygen atoms in total. The monoisotopic (exact) mass is 256 g/mol. The number of carbonyl (C=O) groups is 2. The van der Waals surface area contributed by atoms with E-state index in [0.717, 1.165) is 18.9 Å². The third kappa shape index (κ3) is 12.2. The van der Waals surface area contributed by atoms with Crippen LogP contribution in [0, 0.1) is 23.7 Å². The molecule has 0 aromatic heterocycles. The van der Waals surface area contributed by atoms with Crippen LogP contribution in [0.1, 0.15) is 45.4 Å². The molecule has 0 rings (SSSR count). The molecule has 0 saturated heterocycles. The van der Waals surface area contributed by atoms with E-state index < -0.39 is 5.78 Å². The van der Waals surface area contributed by atoms with Crippen LogP contribution in [0.2, 0.25) is 0 Å². The third-order valence-corrected chi connectivity index (χ3v) is 2.36. The second kappa shape index (κ2) is 12.4. The number of allylic oxidation sites excluding steroid dienone is 3. The average Bonchev–Trinajstić information content (AvgIpc) is 2.42. The van der Waals surface area contributed by atoms with Crippen LogP contribution in [0.25, 0.3) is 0 Å². The smallest absolute Gasteiger partial charge is 0.229 e. The van der Waals surface area contributed by atoms with Gasteiger partial charge in [0, 0.05) is 0 Å². The molecule has 100 valence electrons. The maximum atomic E-state index is 11.3. The molecular formula is C17H20O2. The molecule has 0 aliphatic rings. The van der Waals surface area contributed by atoms with Gasteiger partial charge in [0.05, 0.1) is 0 Å². The molecule has 0 bridgehead atoms. The number of hydrogen-bond donors (Lipinski definition) is 0. The Morgan fingerprint density at radius 2 is 1.63 bits per heavy atom. The number of ketones is 2. The summed E-state index contributed by atoms with van der Waals surface area (Å²) in [7, 11) is 0. The molecule has 0 aliphatic carbocycles. The Hall–Kier alpha value is -2.06. The van der Waals surface area contributed by atoms with E-state index in [2.05, 4.69) is 37.2 Å². The van der Waals surface area contributed by atoms with Gasteiger partial charge in [-0.15, -0.1) is 0 Å². The maximum absolute atomic E-state index is 11.3. The van der Waals surface area contributed by atoms with Crippen molar-refractivity contribution in [3.05, 3.63) is 24.8 Å². The molecule has 0 saturated carbocycles. The molecule has 19 heavy (non-hydrogen) atoms. The van der Waals surface area contributed by atoms with Crippen LogP contribution in [0.4, 0.5) is 0 Å². The normalized spacial score (nSPS) is 9.11. The van der Waals surface area contributed by atoms with Gasteiger partial charge >= 0.3 is 0 Å². The predicted octanol–water partition coefficient (Wildman–Crippen LogP) is 3.23. The standard InChI is InChI=1S/C17H20O2/c1-3-5-6-7-8-9-10-14-17(19)15-12-11-13-16(18)4-2/h4,10,14H,2-3,5-9H2,1H3/b14-10-. The number of rotatable bonds is 8. The van der Waals surface area contributed by atoms with Gasteiger partial charge in [0.25, 0.3) is 0 Å².